The van der Waals surface area contributed by atoms with Crippen LogP contribution in [0.3, 0.4) is 0 Å². The molecule has 1 fully saturated rings. The van der Waals surface area contributed by atoms with E-state index in [1.54, 1.807) is 11.3 Å². The van der Waals surface area contributed by atoms with Gasteiger partial charge in [0, 0.05) is 30.9 Å². The minimum absolute atomic E-state index is 0.224. The van der Waals surface area contributed by atoms with Gasteiger partial charge in [0.25, 0.3) is 0 Å². The summed E-state index contributed by atoms with van der Waals surface area (Å²) in [4.78, 5) is 20.6. The highest BCUT2D eigenvalue weighted by Gasteiger charge is 2.19. The van der Waals surface area contributed by atoms with Gasteiger partial charge in [-0.15, -0.1) is 11.3 Å². The third-order valence-electron chi connectivity index (χ3n) is 5.16. The number of fused-ring (bicyclic) bond motifs is 1. The molecule has 0 unspecified atom stereocenters. The zero-order chi connectivity index (χ0) is 18.6. The second kappa shape index (κ2) is 8.19. The van der Waals surface area contributed by atoms with Crippen LogP contribution in [0.5, 0.6) is 0 Å². The lowest BCUT2D eigenvalue weighted by molar-refractivity contribution is -0.130. The number of benzene rings is 2. The minimum atomic E-state index is 0.224. The average Bonchev–Trinajstić information content (AvgIpc) is 2.88. The Kier molecular flexibility index (Phi) is 5.50. The van der Waals surface area contributed by atoms with Gasteiger partial charge in [0.05, 0.1) is 17.1 Å². The summed E-state index contributed by atoms with van der Waals surface area (Å²) in [6.07, 6.45) is 2.31. The first-order chi connectivity index (χ1) is 13.2. The number of rotatable bonds is 4. The number of hydrogen-bond donors (Lipinski definition) is 1. The number of carbonyl (C=O) groups is 1. The Hall–Kier alpha value is -2.24. The van der Waals surface area contributed by atoms with Crippen LogP contribution in [0.2, 0.25) is 0 Å². The lowest BCUT2D eigenvalue weighted by Gasteiger charge is -2.19. The second-order valence-corrected chi connectivity index (χ2v) is 8.26. The van der Waals surface area contributed by atoms with Crippen LogP contribution in [-0.4, -0.2) is 42.0 Å². The van der Waals surface area contributed by atoms with E-state index in [2.05, 4.69) is 47.8 Å². The van der Waals surface area contributed by atoms with E-state index >= 15 is 0 Å². The van der Waals surface area contributed by atoms with E-state index in [1.165, 1.54) is 16.3 Å². The van der Waals surface area contributed by atoms with Crippen molar-refractivity contribution in [1.29, 1.82) is 0 Å². The van der Waals surface area contributed by atoms with Crippen LogP contribution in [0, 0.1) is 6.92 Å². The Morgan fingerprint density at radius 3 is 2.93 bits per heavy atom. The van der Waals surface area contributed by atoms with E-state index in [1.807, 2.05) is 11.8 Å². The van der Waals surface area contributed by atoms with E-state index in [9.17, 15) is 4.79 Å². The summed E-state index contributed by atoms with van der Waals surface area (Å²) in [5.74, 6) is 0.224. The molecule has 0 atom stereocenters. The molecule has 1 amide bonds. The average molecular weight is 380 g/mol. The lowest BCUT2D eigenvalue weighted by atomic mass is 10.0. The molecule has 1 aromatic heterocycles. The standard InChI is InChI=1S/C22H25N3OS/c1-16-20(15-22(26)25-12-5-10-23-11-13-25)27-21(24-16)14-18-8-4-7-17-6-2-3-9-19(17)18/h2-4,6-9,23H,5,10-15H2,1H3. The molecule has 1 saturated heterocycles. The Bertz CT molecular complexity index is 936. The first kappa shape index (κ1) is 18.1. The summed E-state index contributed by atoms with van der Waals surface area (Å²) < 4.78 is 0. The number of aromatic nitrogens is 1. The molecule has 27 heavy (non-hydrogen) atoms. The minimum Gasteiger partial charge on any atom is -0.341 e. The number of nitrogens with one attached hydrogen (secondary N) is 1. The van der Waals surface area contributed by atoms with Gasteiger partial charge >= 0.3 is 0 Å². The summed E-state index contributed by atoms with van der Waals surface area (Å²) in [5, 5.41) is 6.97. The quantitative estimate of drug-likeness (QED) is 0.754. The van der Waals surface area contributed by atoms with Crippen LogP contribution in [0.25, 0.3) is 10.8 Å². The summed E-state index contributed by atoms with van der Waals surface area (Å²) in [7, 11) is 0. The topological polar surface area (TPSA) is 45.2 Å². The van der Waals surface area contributed by atoms with Crippen molar-refractivity contribution in [3.05, 3.63) is 63.6 Å². The molecule has 1 aliphatic heterocycles. The third kappa shape index (κ3) is 4.20. The number of hydrogen-bond acceptors (Lipinski definition) is 4. The van der Waals surface area contributed by atoms with Crippen molar-refractivity contribution in [2.45, 2.75) is 26.2 Å². The summed E-state index contributed by atoms with van der Waals surface area (Å²) in [6, 6.07) is 14.9. The fourth-order valence-corrected chi connectivity index (χ4v) is 4.77. The van der Waals surface area contributed by atoms with Gasteiger partial charge < -0.3 is 10.2 Å². The molecule has 1 N–H and O–H groups in total. The van der Waals surface area contributed by atoms with E-state index in [0.717, 1.165) is 54.6 Å². The van der Waals surface area contributed by atoms with Crippen molar-refractivity contribution in [1.82, 2.24) is 15.2 Å². The third-order valence-corrected chi connectivity index (χ3v) is 6.32. The molecule has 5 heteroatoms. The maximum Gasteiger partial charge on any atom is 0.227 e. The molecular weight excluding hydrogens is 354 g/mol. The Morgan fingerprint density at radius 1 is 1.15 bits per heavy atom. The molecule has 0 radical (unpaired) electrons. The van der Waals surface area contributed by atoms with Crippen molar-refractivity contribution >= 4 is 28.0 Å². The molecule has 2 aromatic carbocycles. The van der Waals surface area contributed by atoms with Crippen LogP contribution in [-0.2, 0) is 17.6 Å². The van der Waals surface area contributed by atoms with Crippen LogP contribution in [0.15, 0.2) is 42.5 Å². The fraction of sp³-hybridized carbons (Fsp3) is 0.364. The fourth-order valence-electron chi connectivity index (χ4n) is 3.68. The van der Waals surface area contributed by atoms with Crippen molar-refractivity contribution < 1.29 is 4.79 Å². The Balaban J connectivity index is 1.50. The summed E-state index contributed by atoms with van der Waals surface area (Å²) in [6.45, 7) is 5.57. The van der Waals surface area contributed by atoms with Gasteiger partial charge in [-0.1, -0.05) is 42.5 Å². The maximum atomic E-state index is 12.7. The highest BCUT2D eigenvalue weighted by molar-refractivity contribution is 7.11. The molecule has 4 rings (SSSR count). The van der Waals surface area contributed by atoms with Gasteiger partial charge in [-0.3, -0.25) is 4.79 Å². The van der Waals surface area contributed by atoms with Crippen molar-refractivity contribution in [2.24, 2.45) is 0 Å². The largest absolute Gasteiger partial charge is 0.341 e. The van der Waals surface area contributed by atoms with Crippen LogP contribution < -0.4 is 5.32 Å². The zero-order valence-electron chi connectivity index (χ0n) is 15.7. The van der Waals surface area contributed by atoms with Crippen LogP contribution in [0.4, 0.5) is 0 Å². The van der Waals surface area contributed by atoms with E-state index in [-0.39, 0.29) is 5.91 Å². The number of nitrogens with zero attached hydrogens (tertiary/aromatic N) is 2. The molecule has 140 valence electrons. The number of aryl methyl sites for hydroxylation is 1. The van der Waals surface area contributed by atoms with Crippen molar-refractivity contribution in [2.75, 3.05) is 26.2 Å². The normalized spacial score (nSPS) is 15.1. The van der Waals surface area contributed by atoms with Gasteiger partial charge in [-0.05, 0) is 36.2 Å². The number of thiazole rings is 1. The molecule has 4 nitrogen and oxygen atoms in total. The SMILES string of the molecule is Cc1nc(Cc2cccc3ccccc23)sc1CC(=O)N1CCCNCC1. The van der Waals surface area contributed by atoms with Gasteiger partial charge in [0.15, 0.2) is 0 Å². The lowest BCUT2D eigenvalue weighted by Crippen LogP contribution is -2.35. The molecule has 2 heterocycles. The van der Waals surface area contributed by atoms with Gasteiger partial charge in [-0.2, -0.15) is 0 Å². The Morgan fingerprint density at radius 2 is 2.00 bits per heavy atom. The monoisotopic (exact) mass is 379 g/mol. The smallest absolute Gasteiger partial charge is 0.227 e. The number of carbonyl (C=O) groups excluding carboxylic acids is 1. The highest BCUT2D eigenvalue weighted by atomic mass is 32.1. The highest BCUT2D eigenvalue weighted by Crippen LogP contribution is 2.25. The zero-order valence-corrected chi connectivity index (χ0v) is 16.5. The van der Waals surface area contributed by atoms with E-state index in [0.29, 0.717) is 6.42 Å². The van der Waals surface area contributed by atoms with Crippen molar-refractivity contribution in [3.8, 4) is 0 Å². The van der Waals surface area contributed by atoms with Crippen LogP contribution in [0.1, 0.15) is 27.6 Å². The summed E-state index contributed by atoms with van der Waals surface area (Å²) in [5.41, 5.74) is 2.29. The van der Waals surface area contributed by atoms with Gasteiger partial charge in [0.1, 0.15) is 0 Å². The van der Waals surface area contributed by atoms with E-state index < -0.39 is 0 Å². The molecule has 0 aliphatic carbocycles. The van der Waals surface area contributed by atoms with Gasteiger partial charge in [0.2, 0.25) is 5.91 Å². The Labute approximate surface area is 164 Å². The molecule has 0 bridgehead atoms. The molecule has 1 aliphatic rings. The predicted molar refractivity (Wildman–Crippen MR) is 111 cm³/mol. The molecular formula is C22H25N3OS. The molecule has 3 aromatic rings. The van der Waals surface area contributed by atoms with Crippen LogP contribution >= 0.6 is 11.3 Å². The van der Waals surface area contributed by atoms with E-state index in [4.69, 9.17) is 4.98 Å². The molecule has 0 spiro atoms. The number of amides is 1. The molecule has 0 saturated carbocycles. The predicted octanol–water partition coefficient (Wildman–Crippen LogP) is 3.56. The second-order valence-electron chi connectivity index (χ2n) is 7.09. The first-order valence-corrected chi connectivity index (χ1v) is 10.4. The maximum absolute atomic E-state index is 12.7. The first-order valence-electron chi connectivity index (χ1n) is 9.61. The van der Waals surface area contributed by atoms with Gasteiger partial charge in [-0.25, -0.2) is 4.98 Å². The van der Waals surface area contributed by atoms with Crippen molar-refractivity contribution in [3.63, 3.8) is 0 Å². The summed E-state index contributed by atoms with van der Waals surface area (Å²) >= 11 is 1.69.